The van der Waals surface area contributed by atoms with E-state index in [4.69, 9.17) is 0 Å². The molecule has 1 aliphatic heterocycles. The molecule has 2 nitrogen and oxygen atoms in total. The Balaban J connectivity index is 2.07. The van der Waals surface area contributed by atoms with Crippen LogP contribution in [0.15, 0.2) is 0 Å². The van der Waals surface area contributed by atoms with Crippen LogP contribution in [0, 0.1) is 11.8 Å². The van der Waals surface area contributed by atoms with Crippen LogP contribution in [-0.4, -0.2) is 23.4 Å². The van der Waals surface area contributed by atoms with Crippen molar-refractivity contribution in [3.05, 3.63) is 0 Å². The van der Waals surface area contributed by atoms with Crippen LogP contribution < -0.4 is 0 Å². The van der Waals surface area contributed by atoms with Gasteiger partial charge < -0.3 is 4.90 Å². The molecule has 0 aromatic carbocycles. The van der Waals surface area contributed by atoms with Crippen LogP contribution in [0.1, 0.15) is 20.3 Å². The first-order valence-electron chi connectivity index (χ1n) is 4.00. The number of fused-ring (bicyclic) bond motifs is 1. The van der Waals surface area contributed by atoms with Gasteiger partial charge in [0.1, 0.15) is 0 Å². The first-order chi connectivity index (χ1) is 4.70. The van der Waals surface area contributed by atoms with E-state index in [0.29, 0.717) is 17.9 Å². The molecular weight excluding hydrogens is 126 g/mol. The van der Waals surface area contributed by atoms with Gasteiger partial charge in [-0.1, -0.05) is 0 Å². The van der Waals surface area contributed by atoms with Gasteiger partial charge in [0, 0.05) is 18.5 Å². The van der Waals surface area contributed by atoms with Crippen molar-refractivity contribution >= 4 is 5.91 Å². The van der Waals surface area contributed by atoms with E-state index >= 15 is 0 Å². The quantitative estimate of drug-likeness (QED) is 0.528. The minimum absolute atomic E-state index is 0.403. The van der Waals surface area contributed by atoms with Crippen molar-refractivity contribution in [1.82, 2.24) is 4.90 Å². The second-order valence-electron chi connectivity index (χ2n) is 3.69. The average Bonchev–Trinajstić information content (AvgIpc) is 2.54. The van der Waals surface area contributed by atoms with Crippen molar-refractivity contribution in [1.29, 1.82) is 0 Å². The zero-order valence-electron chi connectivity index (χ0n) is 6.50. The van der Waals surface area contributed by atoms with Gasteiger partial charge in [-0.2, -0.15) is 0 Å². The van der Waals surface area contributed by atoms with E-state index in [9.17, 15) is 4.79 Å². The van der Waals surface area contributed by atoms with E-state index in [1.165, 1.54) is 6.42 Å². The number of amides is 1. The second-order valence-corrected chi connectivity index (χ2v) is 3.69. The van der Waals surface area contributed by atoms with Crippen LogP contribution in [0.3, 0.4) is 0 Å². The topological polar surface area (TPSA) is 20.3 Å². The molecule has 0 spiro atoms. The number of rotatable bonds is 1. The van der Waals surface area contributed by atoms with Gasteiger partial charge >= 0.3 is 0 Å². The maximum atomic E-state index is 11.3. The molecule has 0 bridgehead atoms. The predicted octanol–water partition coefficient (Wildman–Crippen LogP) is 0.873. The SMILES string of the molecule is CC(C)N1CC2CC2C1=O. The normalized spacial score (nSPS) is 37.1. The molecule has 2 unspecified atom stereocenters. The lowest BCUT2D eigenvalue weighted by Gasteiger charge is -2.22. The lowest BCUT2D eigenvalue weighted by molar-refractivity contribution is -0.131. The van der Waals surface area contributed by atoms with Gasteiger partial charge in [0.15, 0.2) is 0 Å². The summed E-state index contributed by atoms with van der Waals surface area (Å²) >= 11 is 0. The van der Waals surface area contributed by atoms with Crippen molar-refractivity contribution in [2.75, 3.05) is 6.54 Å². The first kappa shape index (κ1) is 6.20. The Labute approximate surface area is 61.2 Å². The molecule has 2 atom stereocenters. The number of carbonyl (C=O) groups is 1. The summed E-state index contributed by atoms with van der Waals surface area (Å²) in [5, 5.41) is 0. The first-order valence-corrected chi connectivity index (χ1v) is 4.00. The molecule has 2 aliphatic rings. The fourth-order valence-corrected chi connectivity index (χ4v) is 1.77. The monoisotopic (exact) mass is 139 g/mol. The zero-order chi connectivity index (χ0) is 7.30. The maximum Gasteiger partial charge on any atom is 0.226 e. The molecule has 0 aromatic heterocycles. The van der Waals surface area contributed by atoms with Crippen molar-refractivity contribution in [2.24, 2.45) is 11.8 Å². The third-order valence-electron chi connectivity index (χ3n) is 2.58. The highest BCUT2D eigenvalue weighted by Crippen LogP contribution is 2.46. The Bertz CT molecular complexity index is 176. The molecule has 2 heteroatoms. The Morgan fingerprint density at radius 3 is 2.60 bits per heavy atom. The molecule has 2 rings (SSSR count). The molecule has 1 heterocycles. The van der Waals surface area contributed by atoms with Crippen molar-refractivity contribution in [3.8, 4) is 0 Å². The average molecular weight is 139 g/mol. The van der Waals surface area contributed by atoms with Crippen LogP contribution in [-0.2, 0) is 4.79 Å². The third-order valence-corrected chi connectivity index (χ3v) is 2.58. The Kier molecular flexibility index (Phi) is 1.08. The molecule has 0 radical (unpaired) electrons. The Morgan fingerprint density at radius 2 is 2.30 bits per heavy atom. The largest absolute Gasteiger partial charge is 0.340 e. The smallest absolute Gasteiger partial charge is 0.226 e. The summed E-state index contributed by atoms with van der Waals surface area (Å²) in [6, 6.07) is 0.417. The number of carbonyl (C=O) groups excluding carboxylic acids is 1. The van der Waals surface area contributed by atoms with Crippen molar-refractivity contribution in [3.63, 3.8) is 0 Å². The minimum Gasteiger partial charge on any atom is -0.340 e. The molecule has 1 amide bonds. The van der Waals surface area contributed by atoms with Gasteiger partial charge in [-0.05, 0) is 26.2 Å². The van der Waals surface area contributed by atoms with Crippen LogP contribution >= 0.6 is 0 Å². The number of piperidine rings is 1. The summed E-state index contributed by atoms with van der Waals surface area (Å²) in [6.45, 7) is 5.20. The number of hydrogen-bond acceptors (Lipinski definition) is 1. The maximum absolute atomic E-state index is 11.3. The van der Waals surface area contributed by atoms with Gasteiger partial charge in [0.25, 0.3) is 0 Å². The number of likely N-dealkylation sites (tertiary alicyclic amines) is 1. The van der Waals surface area contributed by atoms with Crippen molar-refractivity contribution in [2.45, 2.75) is 26.3 Å². The molecule has 56 valence electrons. The van der Waals surface area contributed by atoms with E-state index in [2.05, 4.69) is 13.8 Å². The van der Waals surface area contributed by atoms with E-state index in [-0.39, 0.29) is 0 Å². The Hall–Kier alpha value is -0.530. The lowest BCUT2D eigenvalue weighted by atomic mass is 10.3. The van der Waals surface area contributed by atoms with E-state index in [1.54, 1.807) is 0 Å². The Morgan fingerprint density at radius 1 is 1.60 bits per heavy atom. The number of nitrogens with zero attached hydrogens (tertiary/aromatic N) is 1. The van der Waals surface area contributed by atoms with Gasteiger partial charge in [-0.15, -0.1) is 0 Å². The highest BCUT2D eigenvalue weighted by molar-refractivity contribution is 5.84. The summed E-state index contributed by atoms with van der Waals surface area (Å²) in [6.07, 6.45) is 1.17. The summed E-state index contributed by atoms with van der Waals surface area (Å²) in [4.78, 5) is 13.3. The van der Waals surface area contributed by atoms with E-state index in [0.717, 1.165) is 12.5 Å². The van der Waals surface area contributed by atoms with E-state index < -0.39 is 0 Å². The molecule has 0 aromatic rings. The molecule has 0 N–H and O–H groups in total. The highest BCUT2D eigenvalue weighted by atomic mass is 16.2. The summed E-state index contributed by atoms with van der Waals surface area (Å²) in [7, 11) is 0. The van der Waals surface area contributed by atoms with Gasteiger partial charge in [-0.3, -0.25) is 4.79 Å². The molecule has 2 fully saturated rings. The van der Waals surface area contributed by atoms with Gasteiger partial charge in [-0.25, -0.2) is 0 Å². The van der Waals surface area contributed by atoms with Crippen molar-refractivity contribution < 1.29 is 4.79 Å². The van der Waals surface area contributed by atoms with Crippen LogP contribution in [0.2, 0.25) is 0 Å². The zero-order valence-corrected chi connectivity index (χ0v) is 6.50. The molecule has 1 aliphatic carbocycles. The molecular formula is C8H13NO. The molecule has 1 saturated heterocycles. The molecule has 1 saturated carbocycles. The second kappa shape index (κ2) is 1.74. The summed E-state index contributed by atoms with van der Waals surface area (Å²) < 4.78 is 0. The minimum atomic E-state index is 0.403. The summed E-state index contributed by atoms with van der Waals surface area (Å²) in [5.74, 6) is 1.57. The van der Waals surface area contributed by atoms with Crippen LogP contribution in [0.25, 0.3) is 0 Å². The van der Waals surface area contributed by atoms with Gasteiger partial charge in [0.2, 0.25) is 5.91 Å². The van der Waals surface area contributed by atoms with Crippen LogP contribution in [0.5, 0.6) is 0 Å². The fourth-order valence-electron chi connectivity index (χ4n) is 1.77. The van der Waals surface area contributed by atoms with E-state index in [1.807, 2.05) is 4.90 Å². The lowest BCUT2D eigenvalue weighted by Crippen LogP contribution is -2.34. The third kappa shape index (κ3) is 0.678. The number of hydrogen-bond donors (Lipinski definition) is 0. The highest BCUT2D eigenvalue weighted by Gasteiger charge is 2.52. The van der Waals surface area contributed by atoms with Crippen LogP contribution in [0.4, 0.5) is 0 Å². The summed E-state index contributed by atoms with van der Waals surface area (Å²) in [5.41, 5.74) is 0. The predicted molar refractivity (Wildman–Crippen MR) is 38.4 cm³/mol. The molecule has 10 heavy (non-hydrogen) atoms. The standard InChI is InChI=1S/C8H13NO/c1-5(2)9-4-6-3-7(6)8(9)10/h5-7H,3-4H2,1-2H3. The fraction of sp³-hybridized carbons (Fsp3) is 0.875. The van der Waals surface area contributed by atoms with Gasteiger partial charge in [0.05, 0.1) is 0 Å².